The van der Waals surface area contributed by atoms with Crippen molar-refractivity contribution in [2.24, 2.45) is 10.9 Å². The van der Waals surface area contributed by atoms with Crippen LogP contribution in [0.1, 0.15) is 31.4 Å². The lowest BCUT2D eigenvalue weighted by atomic mass is 10.1. The van der Waals surface area contributed by atoms with E-state index in [9.17, 15) is 0 Å². The highest BCUT2D eigenvalue weighted by molar-refractivity contribution is 5.95. The molecule has 0 spiro atoms. The molecule has 0 bridgehead atoms. The van der Waals surface area contributed by atoms with E-state index in [-0.39, 0.29) is 0 Å². The van der Waals surface area contributed by atoms with E-state index in [0.717, 1.165) is 24.5 Å². The summed E-state index contributed by atoms with van der Waals surface area (Å²) >= 11 is 0. The lowest BCUT2D eigenvalue weighted by Gasteiger charge is -2.06. The second-order valence-corrected chi connectivity index (χ2v) is 4.90. The molecule has 0 radical (unpaired) electrons. The molecule has 1 unspecified atom stereocenters. The molecule has 0 saturated carbocycles. The van der Waals surface area contributed by atoms with Gasteiger partial charge in [-0.1, -0.05) is 31.5 Å². The van der Waals surface area contributed by atoms with Gasteiger partial charge in [0.05, 0.1) is 6.04 Å². The number of hydrogen-bond donors (Lipinski definition) is 0. The zero-order valence-electron chi connectivity index (χ0n) is 10.2. The monoisotopic (exact) mass is 217 g/mol. The third-order valence-corrected chi connectivity index (χ3v) is 2.72. The van der Waals surface area contributed by atoms with Crippen molar-refractivity contribution in [3.63, 3.8) is 0 Å². The molecular weight excluding hydrogens is 198 g/mol. The van der Waals surface area contributed by atoms with Crippen molar-refractivity contribution in [1.29, 1.82) is 0 Å². The van der Waals surface area contributed by atoms with E-state index >= 15 is 0 Å². The maximum Gasteiger partial charge on any atom is 0.216 e. The highest BCUT2D eigenvalue weighted by Crippen LogP contribution is 2.18. The van der Waals surface area contributed by atoms with Crippen LogP contribution in [0, 0.1) is 12.8 Å². The molecule has 86 valence electrons. The summed E-state index contributed by atoms with van der Waals surface area (Å²) in [6, 6.07) is 8.66. The predicted octanol–water partition coefficient (Wildman–Crippen LogP) is 3.19. The molecule has 1 heterocycles. The molecule has 0 fully saturated rings. The predicted molar refractivity (Wildman–Crippen MR) is 66.9 cm³/mol. The van der Waals surface area contributed by atoms with Gasteiger partial charge in [-0.25, -0.2) is 4.99 Å². The first-order valence-corrected chi connectivity index (χ1v) is 5.93. The summed E-state index contributed by atoms with van der Waals surface area (Å²) in [6.45, 7) is 7.27. The molecule has 2 nitrogen and oxygen atoms in total. The lowest BCUT2D eigenvalue weighted by molar-refractivity contribution is 0.301. The highest BCUT2D eigenvalue weighted by Gasteiger charge is 2.20. The van der Waals surface area contributed by atoms with Crippen LogP contribution in [0.25, 0.3) is 0 Å². The first-order chi connectivity index (χ1) is 7.65. The average molecular weight is 217 g/mol. The first kappa shape index (κ1) is 11.2. The van der Waals surface area contributed by atoms with Crippen LogP contribution in [0.15, 0.2) is 29.3 Å². The molecule has 1 atom stereocenters. The van der Waals surface area contributed by atoms with Gasteiger partial charge in [0.15, 0.2) is 0 Å². The van der Waals surface area contributed by atoms with Gasteiger partial charge in [0, 0.05) is 5.56 Å². The summed E-state index contributed by atoms with van der Waals surface area (Å²) in [5, 5.41) is 0. The number of ether oxygens (including phenoxy) is 1. The Hall–Kier alpha value is -1.31. The van der Waals surface area contributed by atoms with Crippen LogP contribution in [0.3, 0.4) is 0 Å². The lowest BCUT2D eigenvalue weighted by Crippen LogP contribution is -2.09. The van der Waals surface area contributed by atoms with Gasteiger partial charge < -0.3 is 4.74 Å². The number of aryl methyl sites for hydroxylation is 1. The van der Waals surface area contributed by atoms with E-state index in [1.165, 1.54) is 5.56 Å². The van der Waals surface area contributed by atoms with Gasteiger partial charge in [0.2, 0.25) is 5.90 Å². The molecular formula is C14H19NO. The van der Waals surface area contributed by atoms with Crippen LogP contribution in [-0.4, -0.2) is 18.5 Å². The maximum absolute atomic E-state index is 5.66. The van der Waals surface area contributed by atoms with Crippen LogP contribution in [0.5, 0.6) is 0 Å². The molecule has 0 aromatic heterocycles. The number of hydrogen-bond acceptors (Lipinski definition) is 2. The Bertz CT molecular complexity index is 395. The largest absolute Gasteiger partial charge is 0.475 e. The van der Waals surface area contributed by atoms with Gasteiger partial charge in [-0.2, -0.15) is 0 Å². The fraction of sp³-hybridized carbons (Fsp3) is 0.500. The first-order valence-electron chi connectivity index (χ1n) is 5.93. The van der Waals surface area contributed by atoms with Gasteiger partial charge in [-0.3, -0.25) is 0 Å². The quantitative estimate of drug-likeness (QED) is 0.762. The van der Waals surface area contributed by atoms with Crippen molar-refractivity contribution in [2.75, 3.05) is 6.61 Å². The molecule has 0 N–H and O–H groups in total. The van der Waals surface area contributed by atoms with Gasteiger partial charge >= 0.3 is 0 Å². The summed E-state index contributed by atoms with van der Waals surface area (Å²) in [6.07, 6.45) is 1.11. The van der Waals surface area contributed by atoms with E-state index in [1.54, 1.807) is 0 Å². The maximum atomic E-state index is 5.66. The molecule has 1 aromatic carbocycles. The summed E-state index contributed by atoms with van der Waals surface area (Å²) in [5.41, 5.74) is 2.35. The second-order valence-electron chi connectivity index (χ2n) is 4.90. The molecule has 2 heteroatoms. The van der Waals surface area contributed by atoms with Crippen LogP contribution in [0.4, 0.5) is 0 Å². The summed E-state index contributed by atoms with van der Waals surface area (Å²) in [7, 11) is 0. The third kappa shape index (κ3) is 2.63. The highest BCUT2D eigenvalue weighted by atomic mass is 16.5. The molecule has 1 aliphatic heterocycles. The molecule has 1 aliphatic rings. The van der Waals surface area contributed by atoms with E-state index in [1.807, 2.05) is 6.07 Å². The SMILES string of the molecule is Cc1cccc(C2=NC(CC(C)C)CO2)c1. The van der Waals surface area contributed by atoms with Crippen molar-refractivity contribution in [2.45, 2.75) is 33.2 Å². The fourth-order valence-corrected chi connectivity index (χ4v) is 2.02. The number of aliphatic imine (C=N–C) groups is 1. The minimum Gasteiger partial charge on any atom is -0.475 e. The Morgan fingerprint density at radius 1 is 1.44 bits per heavy atom. The van der Waals surface area contributed by atoms with Gasteiger partial charge in [0.1, 0.15) is 6.61 Å². The van der Waals surface area contributed by atoms with Crippen LogP contribution >= 0.6 is 0 Å². The van der Waals surface area contributed by atoms with Crippen LogP contribution < -0.4 is 0 Å². The minimum atomic E-state index is 0.343. The van der Waals surface area contributed by atoms with Crippen molar-refractivity contribution in [3.05, 3.63) is 35.4 Å². The van der Waals surface area contributed by atoms with Gasteiger partial charge in [-0.15, -0.1) is 0 Å². The Labute approximate surface area is 97.4 Å². The Morgan fingerprint density at radius 2 is 2.25 bits per heavy atom. The number of rotatable bonds is 3. The fourth-order valence-electron chi connectivity index (χ4n) is 2.02. The zero-order valence-corrected chi connectivity index (χ0v) is 10.2. The van der Waals surface area contributed by atoms with E-state index in [0.29, 0.717) is 12.0 Å². The Balaban J connectivity index is 2.11. The van der Waals surface area contributed by atoms with Crippen molar-refractivity contribution in [3.8, 4) is 0 Å². The summed E-state index contributed by atoms with van der Waals surface area (Å²) < 4.78 is 5.66. The summed E-state index contributed by atoms with van der Waals surface area (Å²) in [4.78, 5) is 4.63. The zero-order chi connectivity index (χ0) is 11.5. The second kappa shape index (κ2) is 4.69. The normalized spacial score (nSPS) is 19.8. The molecule has 2 rings (SSSR count). The number of nitrogens with zero attached hydrogens (tertiary/aromatic N) is 1. The molecule has 0 amide bonds. The van der Waals surface area contributed by atoms with Crippen molar-refractivity contribution >= 4 is 5.90 Å². The third-order valence-electron chi connectivity index (χ3n) is 2.72. The van der Waals surface area contributed by atoms with E-state index in [2.05, 4.69) is 44.0 Å². The topological polar surface area (TPSA) is 21.6 Å². The smallest absolute Gasteiger partial charge is 0.216 e. The van der Waals surface area contributed by atoms with Crippen LogP contribution in [0.2, 0.25) is 0 Å². The average Bonchev–Trinajstić information content (AvgIpc) is 2.65. The van der Waals surface area contributed by atoms with Crippen molar-refractivity contribution in [1.82, 2.24) is 0 Å². The molecule has 0 aliphatic carbocycles. The standard InChI is InChI=1S/C14H19NO/c1-10(2)7-13-9-16-14(15-13)12-6-4-5-11(3)8-12/h4-6,8,10,13H,7,9H2,1-3H3. The molecule has 16 heavy (non-hydrogen) atoms. The minimum absolute atomic E-state index is 0.343. The number of benzene rings is 1. The van der Waals surface area contributed by atoms with Crippen LogP contribution in [-0.2, 0) is 4.74 Å². The Kier molecular flexibility index (Phi) is 3.28. The van der Waals surface area contributed by atoms with Gasteiger partial charge in [-0.05, 0) is 31.4 Å². The Morgan fingerprint density at radius 3 is 2.94 bits per heavy atom. The summed E-state index contributed by atoms with van der Waals surface area (Å²) in [5.74, 6) is 1.49. The molecule has 0 saturated heterocycles. The van der Waals surface area contributed by atoms with Gasteiger partial charge in [0.25, 0.3) is 0 Å². The van der Waals surface area contributed by atoms with Crippen molar-refractivity contribution < 1.29 is 4.74 Å². The molecule has 1 aromatic rings. The van der Waals surface area contributed by atoms with E-state index < -0.39 is 0 Å². The van der Waals surface area contributed by atoms with E-state index in [4.69, 9.17) is 4.74 Å².